The molecule has 1 fully saturated rings. The smallest absolute Gasteiger partial charge is 0.252 e. The van der Waals surface area contributed by atoms with Gasteiger partial charge in [0.1, 0.15) is 0 Å². The molecule has 3 heteroatoms. The van der Waals surface area contributed by atoms with E-state index in [1.807, 2.05) is 12.1 Å². The molecule has 1 saturated heterocycles. The number of rotatable bonds is 6. The number of H-pyrrole nitrogens is 1. The number of aromatic nitrogens is 1. The Labute approximate surface area is 167 Å². The average Bonchev–Trinajstić information content (AvgIpc) is 2.76. The van der Waals surface area contributed by atoms with E-state index in [9.17, 15) is 4.79 Å². The number of benzene rings is 2. The standard InChI is InChI=1S/C25H28N2O/c28-25-23(12-7-15-26-25)19-27-16-13-20(14-17-27)18-24(21-8-3-1-4-9-21)22-10-5-2-6-11-22/h1-12,15,20,24H,13-14,16-19H2,(H,26,28). The van der Waals surface area contributed by atoms with Crippen LogP contribution in [0, 0.1) is 5.92 Å². The minimum Gasteiger partial charge on any atom is -0.329 e. The third-order valence-corrected chi connectivity index (χ3v) is 5.97. The van der Waals surface area contributed by atoms with Gasteiger partial charge in [-0.05, 0) is 55.5 Å². The van der Waals surface area contributed by atoms with Gasteiger partial charge in [0.25, 0.3) is 5.56 Å². The average molecular weight is 373 g/mol. The van der Waals surface area contributed by atoms with Gasteiger partial charge in [-0.2, -0.15) is 0 Å². The topological polar surface area (TPSA) is 36.1 Å². The molecule has 1 aliphatic rings. The van der Waals surface area contributed by atoms with Crippen molar-refractivity contribution in [2.24, 2.45) is 5.92 Å². The molecule has 0 radical (unpaired) electrons. The Morgan fingerprint density at radius 1 is 0.857 bits per heavy atom. The van der Waals surface area contributed by atoms with Crippen LogP contribution in [0.3, 0.4) is 0 Å². The third-order valence-electron chi connectivity index (χ3n) is 5.97. The zero-order valence-electron chi connectivity index (χ0n) is 16.3. The molecule has 0 atom stereocenters. The normalized spacial score (nSPS) is 15.8. The fourth-order valence-electron chi connectivity index (χ4n) is 4.37. The Morgan fingerprint density at radius 2 is 1.46 bits per heavy atom. The first-order valence-corrected chi connectivity index (χ1v) is 10.3. The summed E-state index contributed by atoms with van der Waals surface area (Å²) >= 11 is 0. The van der Waals surface area contributed by atoms with Crippen molar-refractivity contribution in [2.75, 3.05) is 13.1 Å². The van der Waals surface area contributed by atoms with Crippen LogP contribution in [0.25, 0.3) is 0 Å². The van der Waals surface area contributed by atoms with Crippen molar-refractivity contribution >= 4 is 0 Å². The zero-order valence-corrected chi connectivity index (χ0v) is 16.3. The Bertz CT molecular complexity index is 872. The lowest BCUT2D eigenvalue weighted by Gasteiger charge is -2.33. The van der Waals surface area contributed by atoms with Crippen LogP contribution in [0.15, 0.2) is 83.8 Å². The van der Waals surface area contributed by atoms with Crippen molar-refractivity contribution in [3.8, 4) is 0 Å². The fraction of sp³-hybridized carbons (Fsp3) is 0.320. The largest absolute Gasteiger partial charge is 0.329 e. The number of nitrogens with zero attached hydrogens (tertiary/aromatic N) is 1. The molecule has 1 aromatic heterocycles. The van der Waals surface area contributed by atoms with Crippen LogP contribution in [0.5, 0.6) is 0 Å². The molecule has 3 aromatic rings. The lowest BCUT2D eigenvalue weighted by Crippen LogP contribution is -2.35. The van der Waals surface area contributed by atoms with E-state index in [1.165, 1.54) is 30.4 Å². The van der Waals surface area contributed by atoms with Crippen LogP contribution in [0.4, 0.5) is 0 Å². The second-order valence-electron chi connectivity index (χ2n) is 7.85. The van der Waals surface area contributed by atoms with Gasteiger partial charge in [-0.1, -0.05) is 66.7 Å². The number of likely N-dealkylation sites (tertiary alicyclic amines) is 1. The Hall–Kier alpha value is -2.65. The predicted molar refractivity (Wildman–Crippen MR) is 114 cm³/mol. The molecule has 0 amide bonds. The number of pyridine rings is 1. The summed E-state index contributed by atoms with van der Waals surface area (Å²) in [4.78, 5) is 17.1. The molecule has 0 aliphatic carbocycles. The quantitative estimate of drug-likeness (QED) is 0.674. The van der Waals surface area contributed by atoms with Crippen molar-refractivity contribution in [3.05, 3.63) is 106 Å². The van der Waals surface area contributed by atoms with Gasteiger partial charge in [-0.15, -0.1) is 0 Å². The Balaban J connectivity index is 1.41. The summed E-state index contributed by atoms with van der Waals surface area (Å²) in [6, 6.07) is 25.6. The second-order valence-corrected chi connectivity index (χ2v) is 7.85. The third kappa shape index (κ3) is 4.60. The van der Waals surface area contributed by atoms with E-state index in [2.05, 4.69) is 70.5 Å². The van der Waals surface area contributed by atoms with Crippen LogP contribution < -0.4 is 5.56 Å². The highest BCUT2D eigenvalue weighted by molar-refractivity contribution is 5.32. The van der Waals surface area contributed by atoms with E-state index in [4.69, 9.17) is 0 Å². The van der Waals surface area contributed by atoms with Crippen molar-refractivity contribution in [2.45, 2.75) is 31.7 Å². The van der Waals surface area contributed by atoms with E-state index in [1.54, 1.807) is 6.20 Å². The van der Waals surface area contributed by atoms with Gasteiger partial charge in [-0.25, -0.2) is 0 Å². The molecular formula is C25H28N2O. The summed E-state index contributed by atoms with van der Waals surface area (Å²) in [6.45, 7) is 2.88. The SMILES string of the molecule is O=c1[nH]cccc1CN1CCC(CC(c2ccccc2)c2ccccc2)CC1. The highest BCUT2D eigenvalue weighted by Gasteiger charge is 2.24. The number of piperidine rings is 1. The molecule has 2 heterocycles. The van der Waals surface area contributed by atoms with Crippen LogP contribution in [-0.4, -0.2) is 23.0 Å². The number of hydrogen-bond donors (Lipinski definition) is 1. The highest BCUT2D eigenvalue weighted by atomic mass is 16.1. The van der Waals surface area contributed by atoms with E-state index in [0.29, 0.717) is 5.92 Å². The summed E-state index contributed by atoms with van der Waals surface area (Å²) in [5, 5.41) is 0. The number of nitrogens with one attached hydrogen (secondary N) is 1. The molecule has 3 nitrogen and oxygen atoms in total. The van der Waals surface area contributed by atoms with Gasteiger partial charge in [0.15, 0.2) is 0 Å². The van der Waals surface area contributed by atoms with Crippen LogP contribution in [0.2, 0.25) is 0 Å². The first-order chi connectivity index (χ1) is 13.8. The zero-order chi connectivity index (χ0) is 19.2. The number of hydrogen-bond acceptors (Lipinski definition) is 2. The van der Waals surface area contributed by atoms with Gasteiger partial charge < -0.3 is 4.98 Å². The molecule has 0 unspecified atom stereocenters. The minimum atomic E-state index is 0.0397. The fourth-order valence-corrected chi connectivity index (χ4v) is 4.37. The molecular weight excluding hydrogens is 344 g/mol. The maximum Gasteiger partial charge on any atom is 0.252 e. The van der Waals surface area contributed by atoms with E-state index >= 15 is 0 Å². The summed E-state index contributed by atoms with van der Waals surface area (Å²) < 4.78 is 0. The second kappa shape index (κ2) is 9.03. The summed E-state index contributed by atoms with van der Waals surface area (Å²) in [5.74, 6) is 1.17. The van der Waals surface area contributed by atoms with Gasteiger partial charge in [0.2, 0.25) is 0 Å². The molecule has 28 heavy (non-hydrogen) atoms. The Kier molecular flexibility index (Phi) is 6.03. The lowest BCUT2D eigenvalue weighted by molar-refractivity contribution is 0.169. The van der Waals surface area contributed by atoms with Crippen molar-refractivity contribution in [1.29, 1.82) is 0 Å². The summed E-state index contributed by atoms with van der Waals surface area (Å²) in [6.07, 6.45) is 5.28. The molecule has 1 aliphatic heterocycles. The molecule has 0 bridgehead atoms. The van der Waals surface area contributed by atoms with Gasteiger partial charge >= 0.3 is 0 Å². The number of aromatic amines is 1. The predicted octanol–water partition coefficient (Wildman–Crippen LogP) is 4.81. The summed E-state index contributed by atoms with van der Waals surface area (Å²) in [7, 11) is 0. The molecule has 1 N–H and O–H groups in total. The van der Waals surface area contributed by atoms with Crippen LogP contribution >= 0.6 is 0 Å². The first-order valence-electron chi connectivity index (χ1n) is 10.3. The monoisotopic (exact) mass is 372 g/mol. The lowest BCUT2D eigenvalue weighted by atomic mass is 9.80. The van der Waals surface area contributed by atoms with E-state index in [-0.39, 0.29) is 5.56 Å². The van der Waals surface area contributed by atoms with Gasteiger partial charge in [0.05, 0.1) is 0 Å². The molecule has 0 saturated carbocycles. The highest BCUT2D eigenvalue weighted by Crippen LogP contribution is 2.34. The van der Waals surface area contributed by atoms with Crippen molar-refractivity contribution in [3.63, 3.8) is 0 Å². The minimum absolute atomic E-state index is 0.0397. The Morgan fingerprint density at radius 3 is 2.04 bits per heavy atom. The molecule has 0 spiro atoms. The van der Waals surface area contributed by atoms with Crippen molar-refractivity contribution < 1.29 is 0 Å². The van der Waals surface area contributed by atoms with Gasteiger partial charge in [-0.3, -0.25) is 9.69 Å². The molecule has 144 valence electrons. The first kappa shape index (κ1) is 18.7. The summed E-state index contributed by atoms with van der Waals surface area (Å²) in [5.41, 5.74) is 3.73. The van der Waals surface area contributed by atoms with Gasteiger partial charge in [0, 0.05) is 24.2 Å². The molecule has 4 rings (SSSR count). The van der Waals surface area contributed by atoms with Crippen LogP contribution in [-0.2, 0) is 6.54 Å². The molecule has 2 aromatic carbocycles. The maximum absolute atomic E-state index is 11.9. The maximum atomic E-state index is 11.9. The van der Waals surface area contributed by atoms with E-state index < -0.39 is 0 Å². The van der Waals surface area contributed by atoms with Crippen LogP contribution in [0.1, 0.15) is 41.9 Å². The van der Waals surface area contributed by atoms with E-state index in [0.717, 1.165) is 31.1 Å². The van der Waals surface area contributed by atoms with Crippen molar-refractivity contribution in [1.82, 2.24) is 9.88 Å².